The molecule has 0 fully saturated rings. The molecular weight excluding hydrogens is 642 g/mol. The van der Waals surface area contributed by atoms with Gasteiger partial charge in [-0.05, 0) is 23.7 Å². The van der Waals surface area contributed by atoms with Crippen LogP contribution in [0.2, 0.25) is 18.1 Å². The maximum Gasteiger partial charge on any atom is 0.407 e. The largest absolute Gasteiger partial charge is 0.445 e. The Morgan fingerprint density at radius 2 is 0.875 bits per heavy atom. The number of carbonyl (C=O) groups is 1. The zero-order valence-electron chi connectivity index (χ0n) is 30.1. The van der Waals surface area contributed by atoms with E-state index in [2.05, 4.69) is 39.2 Å². The topological polar surface area (TPSA) is 131 Å². The van der Waals surface area contributed by atoms with Crippen molar-refractivity contribution in [3.8, 4) is 0 Å². The van der Waals surface area contributed by atoms with E-state index in [1.165, 1.54) is 0 Å². The van der Waals surface area contributed by atoms with Gasteiger partial charge in [0.2, 0.25) is 0 Å². The fourth-order valence-electron chi connectivity index (χ4n) is 3.43. The highest BCUT2D eigenvalue weighted by atomic mass is 28.4. The number of alkyl carbamates (subject to hydrolysis) is 1. The number of nitrogens with one attached hydrogen (secondary N) is 1. The van der Waals surface area contributed by atoms with Crippen LogP contribution in [0, 0.1) is 0 Å². The van der Waals surface area contributed by atoms with Crippen LogP contribution in [0.3, 0.4) is 0 Å². The average molecular weight is 706 g/mol. The Balaban J connectivity index is 1.67. The molecule has 14 heteroatoms. The molecule has 0 aliphatic rings. The second-order valence-corrected chi connectivity index (χ2v) is 16.9. The van der Waals surface area contributed by atoms with E-state index in [0.717, 1.165) is 5.56 Å². The molecule has 13 nitrogen and oxygen atoms in total. The summed E-state index contributed by atoms with van der Waals surface area (Å²) in [6.45, 7) is 21.4. The highest BCUT2D eigenvalue weighted by Gasteiger charge is 2.36. The third kappa shape index (κ3) is 27.2. The van der Waals surface area contributed by atoms with Gasteiger partial charge in [0.05, 0.1) is 126 Å². The second-order valence-electron chi connectivity index (χ2n) is 12.1. The van der Waals surface area contributed by atoms with E-state index in [1.807, 2.05) is 30.3 Å². The monoisotopic (exact) mass is 705 g/mol. The maximum absolute atomic E-state index is 11.6. The standard InChI is InChI=1S/C34H63NO12Si/c1-34(2,3)48(4,5)47-30-29-45-28-27-44-26-25-43-24-23-42-22-21-41-20-19-40-18-17-39-16-15-38-14-13-37-12-11-35-33(36)46-31-32-9-7-6-8-10-32/h6-10H,11-31H2,1-5H3,(H,35,36). The van der Waals surface area contributed by atoms with Crippen LogP contribution in [-0.2, 0) is 58.4 Å². The molecule has 1 aromatic rings. The zero-order chi connectivity index (χ0) is 35.0. The Kier molecular flexibility index (Phi) is 27.9. The number of hydrogen-bond acceptors (Lipinski definition) is 12. The minimum Gasteiger partial charge on any atom is -0.445 e. The van der Waals surface area contributed by atoms with Gasteiger partial charge in [-0.15, -0.1) is 0 Å². The third-order valence-corrected chi connectivity index (χ3v) is 11.7. The first-order chi connectivity index (χ1) is 23.2. The van der Waals surface area contributed by atoms with Crippen LogP contribution in [0.25, 0.3) is 0 Å². The third-order valence-electron chi connectivity index (χ3n) is 7.20. The fraction of sp³-hybridized carbons (Fsp3) is 0.794. The van der Waals surface area contributed by atoms with Crippen molar-refractivity contribution in [1.29, 1.82) is 0 Å². The minimum absolute atomic E-state index is 0.213. The molecule has 0 spiro atoms. The molecule has 1 amide bonds. The first-order valence-electron chi connectivity index (χ1n) is 17.0. The summed E-state index contributed by atoms with van der Waals surface area (Å²) in [6, 6.07) is 9.51. The highest BCUT2D eigenvalue weighted by molar-refractivity contribution is 6.74. The summed E-state index contributed by atoms with van der Waals surface area (Å²) in [4.78, 5) is 11.6. The predicted molar refractivity (Wildman–Crippen MR) is 185 cm³/mol. The zero-order valence-corrected chi connectivity index (χ0v) is 31.1. The SMILES string of the molecule is CC(C)(C)[Si](C)(C)OCCOCCOCCOCCOCCOCCOCCOCCOCCOCCNC(=O)OCc1ccccc1. The van der Waals surface area contributed by atoms with Gasteiger partial charge in [-0.25, -0.2) is 4.79 Å². The average Bonchev–Trinajstić information content (AvgIpc) is 3.06. The molecule has 0 unspecified atom stereocenters. The molecule has 0 saturated heterocycles. The summed E-state index contributed by atoms with van der Waals surface area (Å²) in [7, 11) is -1.70. The summed E-state index contributed by atoms with van der Waals surface area (Å²) in [5.41, 5.74) is 0.939. The van der Waals surface area contributed by atoms with Crippen molar-refractivity contribution in [1.82, 2.24) is 5.32 Å². The lowest BCUT2D eigenvalue weighted by Crippen LogP contribution is -2.41. The second kappa shape index (κ2) is 30.2. The fourth-order valence-corrected chi connectivity index (χ4v) is 4.46. The van der Waals surface area contributed by atoms with E-state index in [0.29, 0.717) is 132 Å². The number of amides is 1. The lowest BCUT2D eigenvalue weighted by atomic mass is 10.2. The molecule has 1 N–H and O–H groups in total. The Morgan fingerprint density at radius 1 is 0.542 bits per heavy atom. The Bertz CT molecular complexity index is 860. The van der Waals surface area contributed by atoms with Gasteiger partial charge in [-0.2, -0.15) is 0 Å². The maximum atomic E-state index is 11.6. The van der Waals surface area contributed by atoms with Crippen molar-refractivity contribution in [3.63, 3.8) is 0 Å². The first-order valence-corrected chi connectivity index (χ1v) is 19.9. The highest BCUT2D eigenvalue weighted by Crippen LogP contribution is 2.36. The molecule has 1 aromatic carbocycles. The molecule has 280 valence electrons. The summed E-state index contributed by atoms with van der Waals surface area (Å²) >= 11 is 0. The van der Waals surface area contributed by atoms with Crippen molar-refractivity contribution in [2.45, 2.75) is 45.5 Å². The van der Waals surface area contributed by atoms with Crippen molar-refractivity contribution in [2.24, 2.45) is 0 Å². The summed E-state index contributed by atoms with van der Waals surface area (Å²) in [6.07, 6.45) is -0.467. The van der Waals surface area contributed by atoms with E-state index in [4.69, 9.17) is 51.8 Å². The molecule has 48 heavy (non-hydrogen) atoms. The normalized spacial score (nSPS) is 12.0. The van der Waals surface area contributed by atoms with Crippen LogP contribution in [-0.4, -0.2) is 146 Å². The van der Waals surface area contributed by atoms with E-state index >= 15 is 0 Å². The van der Waals surface area contributed by atoms with Crippen molar-refractivity contribution in [3.05, 3.63) is 35.9 Å². The first kappa shape index (κ1) is 44.3. The number of hydrogen-bond donors (Lipinski definition) is 1. The number of benzene rings is 1. The molecule has 0 heterocycles. The molecule has 0 bridgehead atoms. The van der Waals surface area contributed by atoms with Gasteiger partial charge in [-0.1, -0.05) is 51.1 Å². The predicted octanol–water partition coefficient (Wildman–Crippen LogP) is 4.08. The van der Waals surface area contributed by atoms with Crippen molar-refractivity contribution >= 4 is 14.4 Å². The van der Waals surface area contributed by atoms with Gasteiger partial charge in [0.1, 0.15) is 6.61 Å². The van der Waals surface area contributed by atoms with Crippen LogP contribution in [0.15, 0.2) is 30.3 Å². The minimum atomic E-state index is -1.70. The number of carbonyl (C=O) groups excluding carboxylic acids is 1. The number of rotatable bonds is 33. The van der Waals surface area contributed by atoms with Gasteiger partial charge in [0.25, 0.3) is 0 Å². The molecule has 1 rings (SSSR count). The van der Waals surface area contributed by atoms with Crippen LogP contribution in [0.1, 0.15) is 26.3 Å². The van der Waals surface area contributed by atoms with Gasteiger partial charge in [-0.3, -0.25) is 0 Å². The smallest absolute Gasteiger partial charge is 0.407 e. The van der Waals surface area contributed by atoms with Crippen LogP contribution in [0.4, 0.5) is 4.79 Å². The van der Waals surface area contributed by atoms with E-state index in [-0.39, 0.29) is 11.6 Å². The summed E-state index contributed by atoms with van der Waals surface area (Å²) in [5.74, 6) is 0. The summed E-state index contributed by atoms with van der Waals surface area (Å²) < 4.78 is 60.6. The molecular formula is C34H63NO12Si. The molecule has 0 aliphatic heterocycles. The lowest BCUT2D eigenvalue weighted by Gasteiger charge is -2.36. The van der Waals surface area contributed by atoms with Crippen molar-refractivity contribution < 1.29 is 56.6 Å². The Morgan fingerprint density at radius 3 is 1.23 bits per heavy atom. The quantitative estimate of drug-likeness (QED) is 0.0836. The van der Waals surface area contributed by atoms with Gasteiger partial charge < -0.3 is 57.1 Å². The molecule has 0 atom stereocenters. The van der Waals surface area contributed by atoms with Crippen LogP contribution < -0.4 is 5.32 Å². The van der Waals surface area contributed by atoms with Crippen LogP contribution >= 0.6 is 0 Å². The van der Waals surface area contributed by atoms with E-state index < -0.39 is 14.4 Å². The van der Waals surface area contributed by atoms with Crippen molar-refractivity contribution in [2.75, 3.05) is 132 Å². The number of ether oxygens (including phenoxy) is 10. The lowest BCUT2D eigenvalue weighted by molar-refractivity contribution is -0.0254. The van der Waals surface area contributed by atoms with E-state index in [9.17, 15) is 4.79 Å². The molecule has 0 saturated carbocycles. The van der Waals surface area contributed by atoms with Gasteiger partial charge >= 0.3 is 6.09 Å². The Hall–Kier alpha value is -1.69. The molecule has 0 aliphatic carbocycles. The molecule has 0 aromatic heterocycles. The summed E-state index contributed by atoms with van der Waals surface area (Å²) in [5, 5.41) is 2.86. The van der Waals surface area contributed by atoms with Gasteiger partial charge in [0.15, 0.2) is 8.32 Å². The van der Waals surface area contributed by atoms with Crippen LogP contribution in [0.5, 0.6) is 0 Å². The van der Waals surface area contributed by atoms with Gasteiger partial charge in [0, 0.05) is 6.54 Å². The molecule has 0 radical (unpaired) electrons. The van der Waals surface area contributed by atoms with E-state index in [1.54, 1.807) is 0 Å². The Labute approximate surface area is 289 Å².